The van der Waals surface area contributed by atoms with E-state index in [0.29, 0.717) is 30.0 Å². The van der Waals surface area contributed by atoms with Crippen LogP contribution in [0.25, 0.3) is 0 Å². The normalized spacial score (nSPS) is 17.4. The van der Waals surface area contributed by atoms with E-state index in [1.54, 1.807) is 0 Å². The van der Waals surface area contributed by atoms with Gasteiger partial charge in [0.1, 0.15) is 17.1 Å². The first-order valence-electron chi connectivity index (χ1n) is 14.1. The van der Waals surface area contributed by atoms with Crippen molar-refractivity contribution >= 4 is 28.9 Å². The summed E-state index contributed by atoms with van der Waals surface area (Å²) >= 11 is 0. The number of aromatic hydroxyl groups is 1. The Labute approximate surface area is 230 Å². The zero-order valence-corrected chi connectivity index (χ0v) is 23.3. The second-order valence-electron chi connectivity index (χ2n) is 11.2. The number of piperidine rings is 2. The number of phenolic OH excluding ortho intramolecular Hbond substituents is 1. The Hall–Kier alpha value is -3.72. The molecule has 0 atom stereocenters. The lowest BCUT2D eigenvalue weighted by atomic mass is 9.95. The highest BCUT2D eigenvalue weighted by Gasteiger charge is 2.27. The molecule has 9 nitrogen and oxygen atoms in total. The molecule has 2 aliphatic heterocycles. The van der Waals surface area contributed by atoms with Gasteiger partial charge in [-0.15, -0.1) is 0 Å². The summed E-state index contributed by atoms with van der Waals surface area (Å²) in [5.41, 5.74) is 10.6. The van der Waals surface area contributed by atoms with Crippen molar-refractivity contribution in [1.29, 1.82) is 0 Å². The monoisotopic (exact) mass is 531 g/mol. The Morgan fingerprint density at radius 3 is 2.31 bits per heavy atom. The molecule has 39 heavy (non-hydrogen) atoms. The fourth-order valence-electron chi connectivity index (χ4n) is 5.92. The van der Waals surface area contributed by atoms with E-state index in [4.69, 9.17) is 5.73 Å². The first-order chi connectivity index (χ1) is 18.8. The van der Waals surface area contributed by atoms with Gasteiger partial charge in [-0.2, -0.15) is 5.10 Å². The summed E-state index contributed by atoms with van der Waals surface area (Å²) in [6.07, 6.45) is 5.09. The summed E-state index contributed by atoms with van der Waals surface area (Å²) in [5, 5.41) is 23.7. The van der Waals surface area contributed by atoms with Crippen LogP contribution in [-0.2, 0) is 6.54 Å². The molecule has 5 rings (SSSR count). The van der Waals surface area contributed by atoms with Crippen molar-refractivity contribution in [2.24, 2.45) is 11.7 Å². The molecule has 6 N–H and O–H groups in total. The average Bonchev–Trinajstić information content (AvgIpc) is 3.34. The molecule has 0 radical (unpaired) electrons. The van der Waals surface area contributed by atoms with E-state index in [9.17, 15) is 9.90 Å². The van der Waals surface area contributed by atoms with Crippen LogP contribution in [0.5, 0.6) is 5.75 Å². The van der Waals surface area contributed by atoms with Crippen molar-refractivity contribution in [1.82, 2.24) is 15.1 Å². The number of carbonyl (C=O) groups excluding carboxylic acids is 1. The molecule has 1 amide bonds. The summed E-state index contributed by atoms with van der Waals surface area (Å²) in [6.45, 7) is 11.2. The smallest absolute Gasteiger partial charge is 0.256 e. The van der Waals surface area contributed by atoms with Crippen LogP contribution in [0.4, 0.5) is 23.0 Å². The van der Waals surface area contributed by atoms with Crippen molar-refractivity contribution in [3.8, 4) is 5.75 Å². The van der Waals surface area contributed by atoms with Gasteiger partial charge in [-0.05, 0) is 99.5 Å². The minimum atomic E-state index is -0.575. The van der Waals surface area contributed by atoms with Crippen molar-refractivity contribution in [2.45, 2.75) is 59.0 Å². The van der Waals surface area contributed by atoms with E-state index < -0.39 is 5.91 Å². The predicted octanol–water partition coefficient (Wildman–Crippen LogP) is 4.89. The summed E-state index contributed by atoms with van der Waals surface area (Å²) in [4.78, 5) is 17.5. The van der Waals surface area contributed by atoms with E-state index in [1.165, 1.54) is 44.5 Å². The van der Waals surface area contributed by atoms with Crippen molar-refractivity contribution in [2.75, 3.05) is 41.7 Å². The highest BCUT2D eigenvalue weighted by atomic mass is 16.3. The molecular weight excluding hydrogens is 490 g/mol. The molecular formula is C30H41N7O2. The van der Waals surface area contributed by atoms with Gasteiger partial charge in [-0.3, -0.25) is 9.89 Å². The molecule has 1 aromatic heterocycles. The maximum Gasteiger partial charge on any atom is 0.256 e. The van der Waals surface area contributed by atoms with E-state index in [1.807, 2.05) is 38.1 Å². The first kappa shape index (κ1) is 26.9. The molecule has 9 heteroatoms. The fraction of sp³-hybridized carbons (Fsp3) is 0.467. The molecule has 208 valence electrons. The van der Waals surface area contributed by atoms with E-state index in [-0.39, 0.29) is 5.56 Å². The quantitative estimate of drug-likeness (QED) is 0.281. The Balaban J connectivity index is 1.19. The lowest BCUT2D eigenvalue weighted by Crippen LogP contribution is -2.47. The molecule has 2 saturated heterocycles. The highest BCUT2D eigenvalue weighted by molar-refractivity contribution is 6.03. The Morgan fingerprint density at radius 1 is 1.05 bits per heavy atom. The number of nitrogens with one attached hydrogen (secondary N) is 3. The van der Waals surface area contributed by atoms with Crippen molar-refractivity contribution in [3.05, 3.63) is 58.7 Å². The Morgan fingerprint density at radius 2 is 1.69 bits per heavy atom. The number of rotatable bonds is 8. The molecule has 0 spiro atoms. The van der Waals surface area contributed by atoms with Crippen LogP contribution in [0, 0.1) is 19.8 Å². The third-order valence-electron chi connectivity index (χ3n) is 8.32. The van der Waals surface area contributed by atoms with Gasteiger partial charge in [0.25, 0.3) is 5.91 Å². The lowest BCUT2D eigenvalue weighted by molar-refractivity contribution is 0.100. The number of hydrogen-bond acceptors (Lipinski definition) is 7. The second-order valence-corrected chi connectivity index (χ2v) is 11.2. The molecule has 2 aliphatic rings. The third-order valence-corrected chi connectivity index (χ3v) is 8.32. The number of nitrogens with zero attached hydrogens (tertiary/aromatic N) is 3. The van der Waals surface area contributed by atoms with Crippen LogP contribution in [0.2, 0.25) is 0 Å². The van der Waals surface area contributed by atoms with Gasteiger partial charge >= 0.3 is 0 Å². The van der Waals surface area contributed by atoms with Gasteiger partial charge in [0.15, 0.2) is 5.82 Å². The van der Waals surface area contributed by atoms with Crippen molar-refractivity contribution < 1.29 is 9.90 Å². The zero-order chi connectivity index (χ0) is 27.5. The number of carbonyl (C=O) groups is 1. The highest BCUT2D eigenvalue weighted by Crippen LogP contribution is 2.29. The van der Waals surface area contributed by atoms with Crippen LogP contribution < -0.4 is 21.3 Å². The largest absolute Gasteiger partial charge is 0.507 e. The third kappa shape index (κ3) is 6.14. The maximum atomic E-state index is 12.3. The number of H-pyrrole nitrogens is 1. The number of anilines is 4. The number of likely N-dealkylation sites (tertiary alicyclic amines) is 1. The predicted molar refractivity (Wildman–Crippen MR) is 157 cm³/mol. The molecule has 2 aromatic carbocycles. The minimum absolute atomic E-state index is 0.278. The molecule has 0 bridgehead atoms. The van der Waals surface area contributed by atoms with Crippen molar-refractivity contribution in [3.63, 3.8) is 0 Å². The number of primary amides is 1. The summed E-state index contributed by atoms with van der Waals surface area (Å²) in [6, 6.07) is 12.8. The van der Waals surface area contributed by atoms with Crippen LogP contribution in [0.15, 0.2) is 36.4 Å². The average molecular weight is 532 g/mol. The number of phenols is 1. The molecule has 0 aliphatic carbocycles. The lowest BCUT2D eigenvalue weighted by Gasteiger charge is -2.42. The van der Waals surface area contributed by atoms with Gasteiger partial charge in [-0.1, -0.05) is 19.1 Å². The first-order valence-corrected chi connectivity index (χ1v) is 14.1. The van der Waals surface area contributed by atoms with Gasteiger partial charge in [-0.25, -0.2) is 0 Å². The number of hydrogen-bond donors (Lipinski definition) is 5. The Bertz CT molecular complexity index is 1260. The van der Waals surface area contributed by atoms with Gasteiger partial charge in [0.2, 0.25) is 0 Å². The number of aromatic amines is 1. The summed E-state index contributed by atoms with van der Waals surface area (Å²) in [5.74, 6) is 1.43. The van der Waals surface area contributed by atoms with Crippen LogP contribution >= 0.6 is 0 Å². The molecule has 3 heterocycles. The molecule has 3 aromatic rings. The standard InChI is InChI=1S/C30H41N7O2/c1-19-8-12-36(13-9-19)25-10-14-37(15-11-25)24-6-4-23(5-7-24)33-30-26(28(31)39)29(34-35-30)32-18-22-16-20(2)27(38)21(3)17-22/h4-7,16-17,19,25,38H,8-15,18H2,1-3H3,(H2,31,39)(H3,32,33,34,35). The number of nitrogens with two attached hydrogens (primary N) is 1. The minimum Gasteiger partial charge on any atom is -0.507 e. The van der Waals surface area contributed by atoms with Gasteiger partial charge < -0.3 is 31.3 Å². The number of aryl methyl sites for hydroxylation is 2. The van der Waals surface area contributed by atoms with Crippen LogP contribution in [0.3, 0.4) is 0 Å². The summed E-state index contributed by atoms with van der Waals surface area (Å²) in [7, 11) is 0. The molecule has 0 saturated carbocycles. The van der Waals surface area contributed by atoms with Crippen LogP contribution in [0.1, 0.15) is 59.7 Å². The summed E-state index contributed by atoms with van der Waals surface area (Å²) < 4.78 is 0. The topological polar surface area (TPSA) is 123 Å². The van der Waals surface area contributed by atoms with E-state index in [0.717, 1.165) is 41.4 Å². The van der Waals surface area contributed by atoms with Gasteiger partial charge in [0, 0.05) is 37.1 Å². The maximum absolute atomic E-state index is 12.3. The van der Waals surface area contributed by atoms with E-state index in [2.05, 4.69) is 49.7 Å². The molecule has 0 unspecified atom stereocenters. The number of amides is 1. The number of aromatic nitrogens is 2. The number of benzene rings is 2. The van der Waals surface area contributed by atoms with Gasteiger partial charge in [0.05, 0.1) is 0 Å². The van der Waals surface area contributed by atoms with Crippen LogP contribution in [-0.4, -0.2) is 58.3 Å². The zero-order valence-electron chi connectivity index (χ0n) is 23.3. The molecule has 2 fully saturated rings. The SMILES string of the molecule is Cc1cc(CNc2n[nH]c(Nc3ccc(N4CCC(N5CCC(C)CC5)CC4)cc3)c2C(N)=O)cc(C)c1O. The second kappa shape index (κ2) is 11.6. The van der Waals surface area contributed by atoms with E-state index >= 15 is 0 Å². The Kier molecular flexibility index (Phi) is 7.97. The fourth-order valence-corrected chi connectivity index (χ4v) is 5.92.